The summed E-state index contributed by atoms with van der Waals surface area (Å²) in [5.41, 5.74) is 5.88. The maximum Gasteiger partial charge on any atom is 0.332 e. The third-order valence-electron chi connectivity index (χ3n) is 9.08. The average Bonchev–Trinajstić information content (AvgIpc) is 3.28. The fourth-order valence-electron chi connectivity index (χ4n) is 7.17. The molecule has 4 unspecified atom stereocenters. The van der Waals surface area contributed by atoms with E-state index in [1.807, 2.05) is 54.6 Å². The number of amides is 4. The number of hydroxylamine groups is 1. The number of nitrogens with one attached hydrogen (secondary N) is 1. The summed E-state index contributed by atoms with van der Waals surface area (Å²) in [6, 6.07) is 16.6. The van der Waals surface area contributed by atoms with Crippen LogP contribution in [0, 0.1) is 17.3 Å². The van der Waals surface area contributed by atoms with Crippen LogP contribution in [0.3, 0.4) is 0 Å². The first-order valence-electron chi connectivity index (χ1n) is 14.1. The van der Waals surface area contributed by atoms with Gasteiger partial charge >= 0.3 is 6.03 Å². The van der Waals surface area contributed by atoms with E-state index < -0.39 is 17.4 Å². The van der Waals surface area contributed by atoms with Crippen molar-refractivity contribution < 1.29 is 19.6 Å². The molecule has 10 nitrogen and oxygen atoms in total. The van der Waals surface area contributed by atoms with Crippen LogP contribution in [0.15, 0.2) is 90.4 Å². The normalized spacial score (nSPS) is 26.4. The molecule has 0 saturated carbocycles. The highest BCUT2D eigenvalue weighted by atomic mass is 16.5. The van der Waals surface area contributed by atoms with Crippen LogP contribution >= 0.6 is 0 Å². The summed E-state index contributed by atoms with van der Waals surface area (Å²) in [7, 11) is 0. The SMILES string of the molecule is CC1C=CC2(C)C3=C1N(c1ncc(C(=O)NO)cn1)CCC3CN1C(=O)N(c3ccc(-c4ccccc4)cc3)C(=O)C12. The van der Waals surface area contributed by atoms with Crippen LogP contribution in [0.25, 0.3) is 11.1 Å². The largest absolute Gasteiger partial charge is 0.332 e. The highest BCUT2D eigenvalue weighted by Gasteiger charge is 2.61. The lowest BCUT2D eigenvalue weighted by atomic mass is 9.61. The molecule has 0 radical (unpaired) electrons. The number of benzene rings is 2. The summed E-state index contributed by atoms with van der Waals surface area (Å²) >= 11 is 0. The number of anilines is 2. The zero-order valence-corrected chi connectivity index (χ0v) is 23.3. The molecule has 10 heteroatoms. The molecular weight excluding hydrogens is 532 g/mol. The van der Waals surface area contributed by atoms with Gasteiger partial charge in [-0.2, -0.15) is 0 Å². The Kier molecular flexibility index (Phi) is 5.98. The van der Waals surface area contributed by atoms with Crippen molar-refractivity contribution in [2.24, 2.45) is 17.3 Å². The Hall–Kier alpha value is -4.83. The first-order chi connectivity index (χ1) is 20.3. The molecule has 4 heterocycles. The molecule has 2 saturated heterocycles. The van der Waals surface area contributed by atoms with Crippen LogP contribution in [0.1, 0.15) is 30.6 Å². The third-order valence-corrected chi connectivity index (χ3v) is 9.08. The summed E-state index contributed by atoms with van der Waals surface area (Å²) < 4.78 is 0. The number of urea groups is 1. The van der Waals surface area contributed by atoms with Crippen molar-refractivity contribution in [1.29, 1.82) is 0 Å². The van der Waals surface area contributed by atoms with E-state index in [1.165, 1.54) is 17.3 Å². The summed E-state index contributed by atoms with van der Waals surface area (Å²) in [6.07, 6.45) is 7.73. The lowest BCUT2D eigenvalue weighted by Gasteiger charge is -2.53. The second-order valence-electron chi connectivity index (χ2n) is 11.5. The molecule has 1 aromatic heterocycles. The fourth-order valence-corrected chi connectivity index (χ4v) is 7.17. The summed E-state index contributed by atoms with van der Waals surface area (Å²) in [5.74, 6) is -0.333. The van der Waals surface area contributed by atoms with Gasteiger partial charge in [-0.25, -0.2) is 25.1 Å². The Bertz CT molecular complexity index is 1650. The molecule has 2 N–H and O–H groups in total. The fraction of sp³-hybridized carbons (Fsp3) is 0.281. The molecule has 212 valence electrons. The number of rotatable bonds is 4. The van der Waals surface area contributed by atoms with Crippen molar-refractivity contribution in [3.63, 3.8) is 0 Å². The maximum atomic E-state index is 14.2. The zero-order chi connectivity index (χ0) is 29.2. The van der Waals surface area contributed by atoms with Crippen LogP contribution < -0.4 is 15.3 Å². The predicted octanol–water partition coefficient (Wildman–Crippen LogP) is 4.41. The number of fused-ring (bicyclic) bond motifs is 2. The summed E-state index contributed by atoms with van der Waals surface area (Å²) in [4.78, 5) is 53.8. The van der Waals surface area contributed by atoms with Crippen molar-refractivity contribution in [2.45, 2.75) is 26.3 Å². The number of allylic oxidation sites excluding steroid dienone is 1. The second-order valence-corrected chi connectivity index (χ2v) is 11.5. The predicted molar refractivity (Wildman–Crippen MR) is 155 cm³/mol. The smallest absolute Gasteiger partial charge is 0.314 e. The zero-order valence-electron chi connectivity index (χ0n) is 23.3. The molecule has 0 bridgehead atoms. The van der Waals surface area contributed by atoms with Crippen molar-refractivity contribution in [3.05, 3.63) is 96.0 Å². The van der Waals surface area contributed by atoms with Gasteiger partial charge in [0.25, 0.3) is 11.8 Å². The van der Waals surface area contributed by atoms with Gasteiger partial charge in [-0.15, -0.1) is 0 Å². The maximum absolute atomic E-state index is 14.2. The minimum atomic E-state index is -0.703. The number of hydrogen-bond donors (Lipinski definition) is 2. The monoisotopic (exact) mass is 562 g/mol. The second kappa shape index (κ2) is 9.63. The minimum Gasteiger partial charge on any atom is -0.314 e. The number of hydrogen-bond acceptors (Lipinski definition) is 7. The Morgan fingerprint density at radius 1 is 1.02 bits per heavy atom. The van der Waals surface area contributed by atoms with Crippen molar-refractivity contribution in [1.82, 2.24) is 20.3 Å². The minimum absolute atomic E-state index is 0.0419. The van der Waals surface area contributed by atoms with Gasteiger partial charge in [0, 0.05) is 48.4 Å². The molecule has 2 fully saturated rings. The van der Waals surface area contributed by atoms with Gasteiger partial charge in [0.1, 0.15) is 6.04 Å². The summed E-state index contributed by atoms with van der Waals surface area (Å²) in [5, 5.41) is 8.94. The standard InChI is InChI=1S/C32H30N6O4/c1-19-12-14-32(2)25-22(13-15-36(26(19)25)30-33-16-23(17-34-30)28(39)35-42)18-37-27(32)29(40)38(31(37)41)24-10-8-21(9-11-24)20-6-4-3-5-7-20/h3-12,14,16-17,19,22,27,42H,13,15,18H2,1-2H3,(H,35,39). The van der Waals surface area contributed by atoms with Gasteiger partial charge in [0.05, 0.1) is 11.3 Å². The van der Waals surface area contributed by atoms with Gasteiger partial charge in [0.15, 0.2) is 0 Å². The van der Waals surface area contributed by atoms with E-state index in [1.54, 1.807) is 10.4 Å². The van der Waals surface area contributed by atoms with Gasteiger partial charge in [-0.05, 0) is 42.2 Å². The first-order valence-corrected chi connectivity index (χ1v) is 14.1. The summed E-state index contributed by atoms with van der Waals surface area (Å²) in [6.45, 7) is 5.26. The van der Waals surface area contributed by atoms with Gasteiger partial charge in [-0.3, -0.25) is 14.8 Å². The molecule has 2 aromatic carbocycles. The topological polar surface area (TPSA) is 119 Å². The van der Waals surface area contributed by atoms with E-state index in [2.05, 4.69) is 40.9 Å². The van der Waals surface area contributed by atoms with Crippen LogP contribution in [0.4, 0.5) is 16.4 Å². The molecule has 0 spiro atoms. The lowest BCUT2D eigenvalue weighted by Crippen LogP contribution is -2.59. The molecule has 7 rings (SSSR count). The molecule has 3 aromatic rings. The molecular formula is C32H30N6O4. The molecule has 4 aliphatic rings. The Morgan fingerprint density at radius 3 is 2.40 bits per heavy atom. The lowest BCUT2D eigenvalue weighted by molar-refractivity contribution is -0.122. The third kappa shape index (κ3) is 3.78. The molecule has 4 amide bonds. The van der Waals surface area contributed by atoms with Gasteiger partial charge < -0.3 is 9.80 Å². The van der Waals surface area contributed by atoms with E-state index >= 15 is 0 Å². The number of carbonyl (C=O) groups excluding carboxylic acids is 3. The van der Waals surface area contributed by atoms with E-state index in [0.29, 0.717) is 24.7 Å². The Labute approximate surface area is 242 Å². The highest BCUT2D eigenvalue weighted by Crippen LogP contribution is 2.55. The van der Waals surface area contributed by atoms with E-state index in [0.717, 1.165) is 28.8 Å². The first kappa shape index (κ1) is 26.1. The van der Waals surface area contributed by atoms with E-state index in [9.17, 15) is 14.4 Å². The van der Waals surface area contributed by atoms with Crippen molar-refractivity contribution in [2.75, 3.05) is 22.9 Å². The van der Waals surface area contributed by atoms with Crippen LogP contribution in [-0.4, -0.2) is 57.1 Å². The number of nitrogens with zero attached hydrogens (tertiary/aromatic N) is 5. The molecule has 3 aliphatic heterocycles. The quantitative estimate of drug-likeness (QED) is 0.209. The van der Waals surface area contributed by atoms with Crippen LogP contribution in [-0.2, 0) is 4.79 Å². The van der Waals surface area contributed by atoms with Gasteiger partial charge in [0.2, 0.25) is 5.95 Å². The number of aromatic nitrogens is 2. The van der Waals surface area contributed by atoms with Crippen LogP contribution in [0.2, 0.25) is 0 Å². The molecule has 1 aliphatic carbocycles. The highest BCUT2D eigenvalue weighted by molar-refractivity contribution is 6.22. The van der Waals surface area contributed by atoms with Crippen LogP contribution in [0.5, 0.6) is 0 Å². The van der Waals surface area contributed by atoms with E-state index in [-0.39, 0.29) is 29.3 Å². The van der Waals surface area contributed by atoms with E-state index in [4.69, 9.17) is 5.21 Å². The number of imide groups is 1. The number of carbonyl (C=O) groups is 3. The molecule has 4 atom stereocenters. The Morgan fingerprint density at radius 2 is 1.71 bits per heavy atom. The number of piperidine rings is 1. The van der Waals surface area contributed by atoms with Crippen molar-refractivity contribution >= 4 is 29.5 Å². The Balaban J connectivity index is 1.25. The van der Waals surface area contributed by atoms with Gasteiger partial charge in [-0.1, -0.05) is 61.5 Å². The van der Waals surface area contributed by atoms with Crippen molar-refractivity contribution in [3.8, 4) is 11.1 Å². The molecule has 42 heavy (non-hydrogen) atoms. The average molecular weight is 563 g/mol.